The maximum absolute atomic E-state index is 9.46. The average Bonchev–Trinajstić information content (AvgIpc) is 2.47. The first kappa shape index (κ1) is 10.3. The second-order valence-electron chi connectivity index (χ2n) is 3.44. The van der Waals surface area contributed by atoms with Gasteiger partial charge in [0.05, 0.1) is 6.10 Å². The Morgan fingerprint density at radius 2 is 2.42 bits per heavy atom. The van der Waals surface area contributed by atoms with Gasteiger partial charge in [0.25, 0.3) is 0 Å². The summed E-state index contributed by atoms with van der Waals surface area (Å²) in [6.45, 7) is 4.56. The van der Waals surface area contributed by atoms with Crippen molar-refractivity contribution in [3.05, 3.63) is 0 Å². The molecular formula is C8H18N2OS. The summed E-state index contributed by atoms with van der Waals surface area (Å²) in [6, 6.07) is 0. The van der Waals surface area contributed by atoms with Crippen LogP contribution < -0.4 is 11.1 Å². The molecule has 0 bridgehead atoms. The van der Waals surface area contributed by atoms with Crippen LogP contribution in [0.2, 0.25) is 0 Å². The van der Waals surface area contributed by atoms with Gasteiger partial charge in [-0.2, -0.15) is 11.8 Å². The van der Waals surface area contributed by atoms with Crippen molar-refractivity contribution >= 4 is 11.8 Å². The van der Waals surface area contributed by atoms with Gasteiger partial charge in [0.1, 0.15) is 0 Å². The monoisotopic (exact) mass is 190 g/mol. The van der Waals surface area contributed by atoms with Crippen molar-refractivity contribution in [2.45, 2.75) is 18.3 Å². The van der Waals surface area contributed by atoms with Crippen molar-refractivity contribution in [2.24, 2.45) is 11.7 Å². The first-order chi connectivity index (χ1) is 5.74. The smallest absolute Gasteiger partial charge is 0.0795 e. The van der Waals surface area contributed by atoms with Gasteiger partial charge in [-0.1, -0.05) is 6.92 Å². The summed E-state index contributed by atoms with van der Waals surface area (Å²) in [5.41, 5.74) is 5.50. The van der Waals surface area contributed by atoms with Crippen LogP contribution in [0.5, 0.6) is 0 Å². The van der Waals surface area contributed by atoms with Crippen LogP contribution in [0, 0.1) is 5.92 Å². The number of nitrogens with two attached hydrogens (primary N) is 1. The number of rotatable bonds is 4. The molecular weight excluding hydrogens is 172 g/mol. The summed E-state index contributed by atoms with van der Waals surface area (Å²) in [7, 11) is 0. The zero-order chi connectivity index (χ0) is 8.97. The van der Waals surface area contributed by atoms with Gasteiger partial charge < -0.3 is 16.2 Å². The predicted molar refractivity (Wildman–Crippen MR) is 53.3 cm³/mol. The minimum atomic E-state index is -0.167. The van der Waals surface area contributed by atoms with Gasteiger partial charge in [-0.25, -0.2) is 0 Å². The number of nitrogens with one attached hydrogen (secondary N) is 1. The molecule has 0 aliphatic carbocycles. The molecule has 0 aromatic heterocycles. The third-order valence-corrected chi connectivity index (χ3v) is 3.80. The van der Waals surface area contributed by atoms with E-state index in [0.29, 0.717) is 11.2 Å². The van der Waals surface area contributed by atoms with E-state index in [2.05, 4.69) is 12.2 Å². The number of thioether (sulfide) groups is 1. The van der Waals surface area contributed by atoms with E-state index < -0.39 is 0 Å². The van der Waals surface area contributed by atoms with Gasteiger partial charge in [-0.05, 0) is 18.2 Å². The molecule has 4 N–H and O–H groups in total. The van der Waals surface area contributed by atoms with Crippen LogP contribution in [0.25, 0.3) is 0 Å². The highest BCUT2D eigenvalue weighted by atomic mass is 32.2. The van der Waals surface area contributed by atoms with Crippen molar-refractivity contribution in [3.63, 3.8) is 0 Å². The molecule has 0 radical (unpaired) electrons. The van der Waals surface area contributed by atoms with Gasteiger partial charge in [0, 0.05) is 18.3 Å². The van der Waals surface area contributed by atoms with Gasteiger partial charge >= 0.3 is 0 Å². The van der Waals surface area contributed by atoms with Crippen LogP contribution in [-0.4, -0.2) is 41.8 Å². The highest BCUT2D eigenvalue weighted by molar-refractivity contribution is 8.00. The number of hydrogen-bond acceptors (Lipinski definition) is 4. The fraction of sp³-hybridized carbons (Fsp3) is 1.00. The molecule has 3 nitrogen and oxygen atoms in total. The van der Waals surface area contributed by atoms with Gasteiger partial charge in [0.2, 0.25) is 0 Å². The number of β-amino-alcohol motifs (C(OH)–C–C–N with tert-alkyl or cyclic N) is 1. The molecule has 1 aliphatic heterocycles. The Morgan fingerprint density at radius 1 is 1.67 bits per heavy atom. The molecule has 1 fully saturated rings. The van der Waals surface area contributed by atoms with Crippen molar-refractivity contribution in [2.75, 3.05) is 25.4 Å². The highest BCUT2D eigenvalue weighted by Crippen LogP contribution is 2.20. The molecule has 4 heteroatoms. The third-order valence-electron chi connectivity index (χ3n) is 2.13. The Bertz CT molecular complexity index is 134. The molecule has 72 valence electrons. The first-order valence-corrected chi connectivity index (χ1v) is 5.49. The first-order valence-electron chi connectivity index (χ1n) is 4.44. The average molecular weight is 190 g/mol. The summed E-state index contributed by atoms with van der Waals surface area (Å²) in [4.78, 5) is 0. The fourth-order valence-corrected chi connectivity index (χ4v) is 2.43. The highest BCUT2D eigenvalue weighted by Gasteiger charge is 2.25. The van der Waals surface area contributed by atoms with E-state index in [0.717, 1.165) is 25.4 Å². The molecule has 0 aromatic carbocycles. The molecule has 0 aromatic rings. The quantitative estimate of drug-likeness (QED) is 0.567. The second kappa shape index (κ2) is 5.07. The van der Waals surface area contributed by atoms with Gasteiger partial charge in [0.15, 0.2) is 0 Å². The molecule has 3 atom stereocenters. The van der Waals surface area contributed by atoms with E-state index in [-0.39, 0.29) is 6.10 Å². The van der Waals surface area contributed by atoms with Gasteiger partial charge in [-0.3, -0.25) is 0 Å². The van der Waals surface area contributed by atoms with Crippen LogP contribution >= 0.6 is 11.8 Å². The summed E-state index contributed by atoms with van der Waals surface area (Å²) < 4.78 is 0. The molecule has 1 saturated heterocycles. The van der Waals surface area contributed by atoms with Crippen LogP contribution in [-0.2, 0) is 0 Å². The minimum Gasteiger partial charge on any atom is -0.391 e. The lowest BCUT2D eigenvalue weighted by molar-refractivity contribution is 0.201. The van der Waals surface area contributed by atoms with E-state index >= 15 is 0 Å². The van der Waals surface area contributed by atoms with E-state index in [1.807, 2.05) is 11.8 Å². The van der Waals surface area contributed by atoms with Crippen molar-refractivity contribution in [1.29, 1.82) is 0 Å². The predicted octanol–water partition coefficient (Wildman–Crippen LogP) is -0.353. The molecule has 1 rings (SSSR count). The van der Waals surface area contributed by atoms with Crippen molar-refractivity contribution in [1.82, 2.24) is 5.32 Å². The Kier molecular flexibility index (Phi) is 4.35. The Labute approximate surface area is 78.1 Å². The van der Waals surface area contributed by atoms with Crippen LogP contribution in [0.4, 0.5) is 0 Å². The summed E-state index contributed by atoms with van der Waals surface area (Å²) >= 11 is 1.83. The Hall–Kier alpha value is 0.230. The molecule has 0 saturated carbocycles. The summed E-state index contributed by atoms with van der Waals surface area (Å²) in [5, 5.41) is 13.0. The van der Waals surface area contributed by atoms with Crippen LogP contribution in [0.15, 0.2) is 0 Å². The topological polar surface area (TPSA) is 58.3 Å². The van der Waals surface area contributed by atoms with Crippen LogP contribution in [0.3, 0.4) is 0 Å². The standard InChI is InChI=1S/C8H18N2OS/c1-6(2-9)5-12-8-4-10-3-7(8)11/h6-8,10-11H,2-5,9H2,1H3. The van der Waals surface area contributed by atoms with E-state index in [9.17, 15) is 5.11 Å². The lowest BCUT2D eigenvalue weighted by Gasteiger charge is -2.15. The summed E-state index contributed by atoms with van der Waals surface area (Å²) in [6.07, 6.45) is -0.167. The number of aliphatic hydroxyl groups is 1. The molecule has 3 unspecified atom stereocenters. The third kappa shape index (κ3) is 2.94. The normalized spacial score (nSPS) is 32.2. The van der Waals surface area contributed by atoms with Gasteiger partial charge in [-0.15, -0.1) is 0 Å². The van der Waals surface area contributed by atoms with E-state index in [4.69, 9.17) is 5.73 Å². The fourth-order valence-electron chi connectivity index (χ4n) is 1.17. The summed E-state index contributed by atoms with van der Waals surface area (Å²) in [5.74, 6) is 1.61. The van der Waals surface area contributed by atoms with E-state index in [1.54, 1.807) is 0 Å². The molecule has 1 heterocycles. The zero-order valence-corrected chi connectivity index (χ0v) is 8.31. The molecule has 12 heavy (non-hydrogen) atoms. The lowest BCUT2D eigenvalue weighted by atomic mass is 10.2. The molecule has 0 amide bonds. The minimum absolute atomic E-state index is 0.167. The number of hydrogen-bond donors (Lipinski definition) is 3. The number of aliphatic hydroxyl groups excluding tert-OH is 1. The van der Waals surface area contributed by atoms with Crippen molar-refractivity contribution in [3.8, 4) is 0 Å². The van der Waals surface area contributed by atoms with Crippen molar-refractivity contribution < 1.29 is 5.11 Å². The second-order valence-corrected chi connectivity index (χ2v) is 4.71. The SMILES string of the molecule is CC(CN)CSC1CNCC1O. The maximum atomic E-state index is 9.46. The molecule has 0 spiro atoms. The Balaban J connectivity index is 2.13. The van der Waals surface area contributed by atoms with Crippen LogP contribution in [0.1, 0.15) is 6.92 Å². The van der Waals surface area contributed by atoms with E-state index in [1.165, 1.54) is 0 Å². The zero-order valence-electron chi connectivity index (χ0n) is 7.49. The Morgan fingerprint density at radius 3 is 2.92 bits per heavy atom. The largest absolute Gasteiger partial charge is 0.391 e. The lowest BCUT2D eigenvalue weighted by Crippen LogP contribution is -2.23. The maximum Gasteiger partial charge on any atom is 0.0795 e. The molecule has 1 aliphatic rings.